The van der Waals surface area contributed by atoms with Crippen LogP contribution in [-0.2, 0) is 4.79 Å². The molecule has 16 heavy (non-hydrogen) atoms. The number of amides is 1. The first-order valence-electron chi connectivity index (χ1n) is 5.47. The number of hydrogen-bond donors (Lipinski definition) is 2. The summed E-state index contributed by atoms with van der Waals surface area (Å²) in [5.41, 5.74) is 1.37. The van der Waals surface area contributed by atoms with Crippen molar-refractivity contribution < 1.29 is 4.79 Å². The summed E-state index contributed by atoms with van der Waals surface area (Å²) < 4.78 is 0. The lowest BCUT2D eigenvalue weighted by Gasteiger charge is -2.12. The molecule has 1 aromatic carbocycles. The van der Waals surface area contributed by atoms with E-state index in [4.69, 9.17) is 0 Å². The molecule has 1 aromatic rings. The number of rotatable bonds is 4. The number of nitrogens with one attached hydrogen (secondary N) is 2. The summed E-state index contributed by atoms with van der Waals surface area (Å²) in [6, 6.07) is 8.84. The van der Waals surface area contributed by atoms with Gasteiger partial charge in [0, 0.05) is 36.7 Å². The molecule has 0 aromatic heterocycles. The van der Waals surface area contributed by atoms with Crippen LogP contribution in [0.3, 0.4) is 0 Å². The minimum absolute atomic E-state index is 0.0893. The van der Waals surface area contributed by atoms with Gasteiger partial charge in [-0.1, -0.05) is 18.2 Å². The second-order valence-corrected chi connectivity index (χ2v) is 4.84. The summed E-state index contributed by atoms with van der Waals surface area (Å²) in [5.74, 6) is 1.15. The van der Waals surface area contributed by atoms with Gasteiger partial charge in [0.15, 0.2) is 0 Å². The molecular formula is C12H16N2OS. The number of benzene rings is 1. The van der Waals surface area contributed by atoms with Gasteiger partial charge in [0.05, 0.1) is 0 Å². The fourth-order valence-corrected chi connectivity index (χ4v) is 3.01. The number of thioether (sulfide) groups is 1. The zero-order valence-electron chi connectivity index (χ0n) is 9.32. The van der Waals surface area contributed by atoms with Crippen molar-refractivity contribution in [2.24, 2.45) is 0 Å². The highest BCUT2D eigenvalue weighted by molar-refractivity contribution is 7.99. The average Bonchev–Trinajstić information content (AvgIpc) is 2.73. The predicted molar refractivity (Wildman–Crippen MR) is 66.6 cm³/mol. The van der Waals surface area contributed by atoms with E-state index >= 15 is 0 Å². The largest absolute Gasteiger partial charge is 0.359 e. The van der Waals surface area contributed by atoms with Crippen molar-refractivity contribution in [1.29, 1.82) is 0 Å². The second-order valence-electron chi connectivity index (χ2n) is 3.78. The Balaban J connectivity index is 1.86. The maximum absolute atomic E-state index is 11.1. The van der Waals surface area contributed by atoms with Crippen LogP contribution in [0.2, 0.25) is 0 Å². The molecule has 2 N–H and O–H groups in total. The second kappa shape index (κ2) is 5.37. The van der Waals surface area contributed by atoms with Gasteiger partial charge in [0.2, 0.25) is 5.91 Å². The van der Waals surface area contributed by atoms with Crippen molar-refractivity contribution in [2.75, 3.05) is 19.3 Å². The predicted octanol–water partition coefficient (Wildman–Crippen LogP) is 1.56. The molecule has 1 aliphatic rings. The Bertz CT molecular complexity index is 381. The first-order valence-corrected chi connectivity index (χ1v) is 6.45. The lowest BCUT2D eigenvalue weighted by molar-refractivity contribution is -0.120. The standard InChI is InChI=1S/C12H16N2OS/c1-13-12(15)6-7-14-10-8-16-11-5-3-2-4-9(10)11/h2-5,10,14H,6-8H2,1H3,(H,13,15). The van der Waals surface area contributed by atoms with Crippen molar-refractivity contribution >= 4 is 17.7 Å². The lowest BCUT2D eigenvalue weighted by Crippen LogP contribution is -2.27. The van der Waals surface area contributed by atoms with Crippen LogP contribution < -0.4 is 10.6 Å². The Morgan fingerprint density at radius 2 is 2.31 bits per heavy atom. The van der Waals surface area contributed by atoms with E-state index in [1.54, 1.807) is 7.05 Å². The molecule has 0 saturated carbocycles. The highest BCUT2D eigenvalue weighted by atomic mass is 32.2. The molecule has 1 aliphatic heterocycles. The van der Waals surface area contributed by atoms with E-state index in [1.807, 2.05) is 11.8 Å². The van der Waals surface area contributed by atoms with Gasteiger partial charge in [-0.05, 0) is 11.6 Å². The van der Waals surface area contributed by atoms with Crippen LogP contribution in [0.15, 0.2) is 29.2 Å². The molecule has 0 aliphatic carbocycles. The average molecular weight is 236 g/mol. The van der Waals surface area contributed by atoms with E-state index in [0.29, 0.717) is 12.5 Å². The number of carbonyl (C=O) groups excluding carboxylic acids is 1. The first kappa shape index (κ1) is 11.5. The maximum atomic E-state index is 11.1. The van der Waals surface area contributed by atoms with Gasteiger partial charge in [-0.15, -0.1) is 11.8 Å². The number of hydrogen-bond acceptors (Lipinski definition) is 3. The third kappa shape index (κ3) is 2.57. The van der Waals surface area contributed by atoms with E-state index < -0.39 is 0 Å². The summed E-state index contributed by atoms with van der Waals surface area (Å²) in [5, 5.41) is 6.05. The van der Waals surface area contributed by atoms with E-state index in [9.17, 15) is 4.79 Å². The zero-order valence-corrected chi connectivity index (χ0v) is 10.1. The third-order valence-electron chi connectivity index (χ3n) is 2.72. The third-order valence-corrected chi connectivity index (χ3v) is 3.90. The molecule has 1 amide bonds. The smallest absolute Gasteiger partial charge is 0.221 e. The van der Waals surface area contributed by atoms with Gasteiger partial charge in [-0.2, -0.15) is 0 Å². The minimum Gasteiger partial charge on any atom is -0.359 e. The van der Waals surface area contributed by atoms with Gasteiger partial charge in [-0.3, -0.25) is 4.79 Å². The molecule has 1 unspecified atom stereocenters. The summed E-state index contributed by atoms with van der Waals surface area (Å²) >= 11 is 1.88. The zero-order chi connectivity index (χ0) is 11.4. The fourth-order valence-electron chi connectivity index (χ4n) is 1.82. The summed E-state index contributed by atoms with van der Waals surface area (Å²) in [6.45, 7) is 0.735. The molecule has 86 valence electrons. The maximum Gasteiger partial charge on any atom is 0.221 e. The van der Waals surface area contributed by atoms with Crippen molar-refractivity contribution in [3.8, 4) is 0 Å². The van der Waals surface area contributed by atoms with Crippen molar-refractivity contribution in [3.63, 3.8) is 0 Å². The van der Waals surface area contributed by atoms with Gasteiger partial charge >= 0.3 is 0 Å². The molecule has 2 rings (SSSR count). The van der Waals surface area contributed by atoms with Crippen LogP contribution in [-0.4, -0.2) is 25.3 Å². The fraction of sp³-hybridized carbons (Fsp3) is 0.417. The van der Waals surface area contributed by atoms with Crippen molar-refractivity contribution in [1.82, 2.24) is 10.6 Å². The summed E-state index contributed by atoms with van der Waals surface area (Å²) in [4.78, 5) is 12.4. The lowest BCUT2D eigenvalue weighted by atomic mass is 10.1. The molecule has 0 bridgehead atoms. The van der Waals surface area contributed by atoms with Crippen LogP contribution in [0.5, 0.6) is 0 Å². The quantitative estimate of drug-likeness (QED) is 0.833. The van der Waals surface area contributed by atoms with E-state index in [0.717, 1.165) is 12.3 Å². The minimum atomic E-state index is 0.0893. The molecule has 4 heteroatoms. The molecule has 1 heterocycles. The van der Waals surface area contributed by atoms with Gasteiger partial charge < -0.3 is 10.6 Å². The topological polar surface area (TPSA) is 41.1 Å². The van der Waals surface area contributed by atoms with Gasteiger partial charge in [0.1, 0.15) is 0 Å². The van der Waals surface area contributed by atoms with Crippen LogP contribution >= 0.6 is 11.8 Å². The Kier molecular flexibility index (Phi) is 3.85. The molecule has 0 spiro atoms. The van der Waals surface area contributed by atoms with Gasteiger partial charge in [0.25, 0.3) is 0 Å². The Hall–Kier alpha value is -1.00. The van der Waals surface area contributed by atoms with Crippen LogP contribution in [0, 0.1) is 0 Å². The first-order chi connectivity index (χ1) is 7.81. The molecule has 0 saturated heterocycles. The van der Waals surface area contributed by atoms with Crippen molar-refractivity contribution in [3.05, 3.63) is 29.8 Å². The van der Waals surface area contributed by atoms with E-state index in [-0.39, 0.29) is 5.91 Å². The molecule has 0 radical (unpaired) electrons. The Morgan fingerprint density at radius 3 is 3.12 bits per heavy atom. The Labute approximate surface area is 100.0 Å². The molecule has 3 nitrogen and oxygen atoms in total. The highest BCUT2D eigenvalue weighted by Crippen LogP contribution is 2.37. The number of fused-ring (bicyclic) bond motifs is 1. The molecule has 1 atom stereocenters. The monoisotopic (exact) mass is 236 g/mol. The van der Waals surface area contributed by atoms with Crippen LogP contribution in [0.25, 0.3) is 0 Å². The highest BCUT2D eigenvalue weighted by Gasteiger charge is 2.21. The van der Waals surface area contributed by atoms with Crippen LogP contribution in [0.1, 0.15) is 18.0 Å². The van der Waals surface area contributed by atoms with E-state index in [1.165, 1.54) is 10.5 Å². The van der Waals surface area contributed by atoms with Crippen LogP contribution in [0.4, 0.5) is 0 Å². The molecule has 0 fully saturated rings. The van der Waals surface area contributed by atoms with Gasteiger partial charge in [-0.25, -0.2) is 0 Å². The normalized spacial score (nSPS) is 18.2. The summed E-state index contributed by atoms with van der Waals surface area (Å²) in [7, 11) is 1.67. The summed E-state index contributed by atoms with van der Waals surface area (Å²) in [6.07, 6.45) is 0.542. The Morgan fingerprint density at radius 1 is 1.50 bits per heavy atom. The molecular weight excluding hydrogens is 220 g/mol. The SMILES string of the molecule is CNC(=O)CCNC1CSc2ccccc21. The number of carbonyl (C=O) groups is 1. The van der Waals surface area contributed by atoms with E-state index in [2.05, 4.69) is 34.9 Å². The van der Waals surface area contributed by atoms with Crippen molar-refractivity contribution in [2.45, 2.75) is 17.4 Å².